The third kappa shape index (κ3) is 4.22. The van der Waals surface area contributed by atoms with Gasteiger partial charge in [-0.1, -0.05) is 0 Å². The minimum atomic E-state index is -0.502. The molecule has 2 aromatic heterocycles. The predicted octanol–water partition coefficient (Wildman–Crippen LogP) is 2.55. The zero-order valence-corrected chi connectivity index (χ0v) is 16.6. The molecular weight excluding hydrogens is 356 g/mol. The van der Waals surface area contributed by atoms with Crippen LogP contribution in [0.2, 0.25) is 0 Å². The van der Waals surface area contributed by atoms with Crippen molar-refractivity contribution in [1.82, 2.24) is 25.2 Å². The molecule has 8 heteroatoms. The Labute approximate surface area is 164 Å². The molecule has 148 valence electrons. The number of amides is 1. The van der Waals surface area contributed by atoms with Gasteiger partial charge in [-0.3, -0.25) is 4.98 Å². The van der Waals surface area contributed by atoms with E-state index in [1.165, 1.54) is 5.56 Å². The lowest BCUT2D eigenvalue weighted by Gasteiger charge is -2.31. The van der Waals surface area contributed by atoms with E-state index in [-0.39, 0.29) is 6.09 Å². The third-order valence-electron chi connectivity index (χ3n) is 4.77. The Kier molecular flexibility index (Phi) is 4.89. The summed E-state index contributed by atoms with van der Waals surface area (Å²) >= 11 is 0. The summed E-state index contributed by atoms with van der Waals surface area (Å²) in [5.74, 6) is 0.559. The maximum atomic E-state index is 12.4. The van der Waals surface area contributed by atoms with E-state index in [0.717, 1.165) is 48.6 Å². The van der Waals surface area contributed by atoms with Crippen LogP contribution in [0.25, 0.3) is 0 Å². The molecule has 0 unspecified atom stereocenters. The Morgan fingerprint density at radius 3 is 2.86 bits per heavy atom. The molecule has 0 saturated carbocycles. The van der Waals surface area contributed by atoms with Crippen LogP contribution < -0.4 is 10.6 Å². The molecule has 28 heavy (non-hydrogen) atoms. The lowest BCUT2D eigenvalue weighted by Crippen LogP contribution is -2.40. The second kappa shape index (κ2) is 7.35. The maximum absolute atomic E-state index is 12.4. The first-order valence-electron chi connectivity index (χ1n) is 9.66. The lowest BCUT2D eigenvalue weighted by molar-refractivity contribution is 0.0223. The van der Waals surface area contributed by atoms with Crippen LogP contribution in [0.3, 0.4) is 0 Å². The molecule has 0 bridgehead atoms. The van der Waals surface area contributed by atoms with Crippen molar-refractivity contribution < 1.29 is 9.53 Å². The van der Waals surface area contributed by atoms with Gasteiger partial charge in [-0.2, -0.15) is 0 Å². The van der Waals surface area contributed by atoms with Gasteiger partial charge in [0.25, 0.3) is 0 Å². The normalized spacial score (nSPS) is 16.2. The summed E-state index contributed by atoms with van der Waals surface area (Å²) in [6, 6.07) is 2.01. The topological polar surface area (TPSA) is 92.3 Å². The van der Waals surface area contributed by atoms with Crippen molar-refractivity contribution in [2.75, 3.05) is 18.4 Å². The number of pyridine rings is 1. The number of fused-ring (bicyclic) bond motifs is 2. The number of hydrogen-bond acceptors (Lipinski definition) is 7. The van der Waals surface area contributed by atoms with Crippen LogP contribution in [0.1, 0.15) is 43.3 Å². The van der Waals surface area contributed by atoms with Crippen molar-refractivity contribution in [1.29, 1.82) is 0 Å². The predicted molar refractivity (Wildman–Crippen MR) is 105 cm³/mol. The highest BCUT2D eigenvalue weighted by Gasteiger charge is 2.26. The number of aromatic nitrogens is 3. The standard InChI is InChI=1S/C20H26N6O2/c1-20(2,3)28-19(27)26-7-5-16-14(12-26)8-15(10-22-16)24-18-23-9-13-4-6-21-11-17(13)25-18/h8-10,21H,4-7,11-12H2,1-3H3,(H,23,24,25). The van der Waals surface area contributed by atoms with Gasteiger partial charge in [0, 0.05) is 31.4 Å². The molecule has 0 spiro atoms. The molecule has 0 atom stereocenters. The van der Waals surface area contributed by atoms with Crippen molar-refractivity contribution in [3.8, 4) is 0 Å². The number of nitrogens with zero attached hydrogens (tertiary/aromatic N) is 4. The Hall–Kier alpha value is -2.74. The van der Waals surface area contributed by atoms with Crippen LogP contribution in [0.4, 0.5) is 16.4 Å². The zero-order valence-electron chi connectivity index (χ0n) is 16.6. The maximum Gasteiger partial charge on any atom is 0.410 e. The van der Waals surface area contributed by atoms with Crippen molar-refractivity contribution in [2.24, 2.45) is 0 Å². The minimum absolute atomic E-state index is 0.290. The SMILES string of the molecule is CC(C)(C)OC(=O)N1CCc2ncc(Nc3ncc4c(n3)CNCC4)cc2C1. The second-order valence-corrected chi connectivity index (χ2v) is 8.20. The molecule has 4 heterocycles. The van der Waals surface area contributed by atoms with E-state index in [1.54, 1.807) is 11.1 Å². The summed E-state index contributed by atoms with van der Waals surface area (Å²) in [7, 11) is 0. The molecule has 0 aliphatic carbocycles. The Morgan fingerprint density at radius 1 is 1.18 bits per heavy atom. The number of carbonyl (C=O) groups excluding carboxylic acids is 1. The molecule has 2 aromatic rings. The first-order chi connectivity index (χ1) is 13.4. The Bertz CT molecular complexity index is 893. The largest absolute Gasteiger partial charge is 0.444 e. The highest BCUT2D eigenvalue weighted by Crippen LogP contribution is 2.24. The quantitative estimate of drug-likeness (QED) is 0.824. The van der Waals surface area contributed by atoms with Crippen LogP contribution in [0.15, 0.2) is 18.5 Å². The molecule has 0 radical (unpaired) electrons. The molecule has 4 rings (SSSR count). The van der Waals surface area contributed by atoms with Gasteiger partial charge >= 0.3 is 6.09 Å². The number of nitrogens with one attached hydrogen (secondary N) is 2. The summed E-state index contributed by atoms with van der Waals surface area (Å²) in [5.41, 5.74) is 4.57. The smallest absolute Gasteiger partial charge is 0.410 e. The number of carbonyl (C=O) groups is 1. The van der Waals surface area contributed by atoms with Crippen LogP contribution in [0, 0.1) is 0 Å². The lowest BCUT2D eigenvalue weighted by atomic mass is 10.1. The van der Waals surface area contributed by atoms with Gasteiger partial charge < -0.3 is 20.3 Å². The minimum Gasteiger partial charge on any atom is -0.444 e. The van der Waals surface area contributed by atoms with Crippen molar-refractivity contribution >= 4 is 17.7 Å². The van der Waals surface area contributed by atoms with E-state index < -0.39 is 5.60 Å². The first-order valence-corrected chi connectivity index (χ1v) is 9.66. The third-order valence-corrected chi connectivity index (χ3v) is 4.77. The molecule has 0 aromatic carbocycles. The zero-order chi connectivity index (χ0) is 19.7. The highest BCUT2D eigenvalue weighted by atomic mass is 16.6. The summed E-state index contributed by atoms with van der Waals surface area (Å²) in [4.78, 5) is 27.7. The van der Waals surface area contributed by atoms with Crippen LogP contribution in [0.5, 0.6) is 0 Å². The van der Waals surface area contributed by atoms with Crippen molar-refractivity contribution in [3.05, 3.63) is 41.0 Å². The molecule has 2 aliphatic rings. The van der Waals surface area contributed by atoms with E-state index in [4.69, 9.17) is 4.74 Å². The van der Waals surface area contributed by atoms with E-state index in [1.807, 2.05) is 33.0 Å². The van der Waals surface area contributed by atoms with Crippen LogP contribution in [-0.4, -0.2) is 44.6 Å². The molecule has 2 N–H and O–H groups in total. The van der Waals surface area contributed by atoms with Gasteiger partial charge in [-0.25, -0.2) is 14.8 Å². The van der Waals surface area contributed by atoms with Gasteiger partial charge in [0.1, 0.15) is 5.60 Å². The van der Waals surface area contributed by atoms with Crippen molar-refractivity contribution in [2.45, 2.75) is 52.3 Å². The fraction of sp³-hybridized carbons (Fsp3) is 0.500. The molecule has 8 nitrogen and oxygen atoms in total. The number of hydrogen-bond donors (Lipinski definition) is 2. The highest BCUT2D eigenvalue weighted by molar-refractivity contribution is 5.69. The summed E-state index contributed by atoms with van der Waals surface area (Å²) < 4.78 is 5.50. The second-order valence-electron chi connectivity index (χ2n) is 8.20. The molecule has 0 saturated heterocycles. The van der Waals surface area contributed by atoms with Gasteiger partial charge in [0.2, 0.25) is 5.95 Å². The van der Waals surface area contributed by atoms with Gasteiger partial charge in [-0.05, 0) is 50.9 Å². The first kappa shape index (κ1) is 18.6. The summed E-state index contributed by atoms with van der Waals surface area (Å²) in [5, 5.41) is 6.56. The van der Waals surface area contributed by atoms with Crippen LogP contribution in [-0.2, 0) is 30.7 Å². The fourth-order valence-electron chi connectivity index (χ4n) is 3.40. The van der Waals surface area contributed by atoms with Gasteiger partial charge in [0.15, 0.2) is 0 Å². The van der Waals surface area contributed by atoms with Crippen LogP contribution >= 0.6 is 0 Å². The average Bonchev–Trinajstić information content (AvgIpc) is 2.66. The summed E-state index contributed by atoms with van der Waals surface area (Å²) in [6.07, 6.45) is 5.07. The monoisotopic (exact) mass is 382 g/mol. The van der Waals surface area contributed by atoms with Gasteiger partial charge in [-0.15, -0.1) is 0 Å². The number of anilines is 2. The molecular formula is C20H26N6O2. The number of ether oxygens (including phenoxy) is 1. The van der Waals surface area contributed by atoms with Crippen molar-refractivity contribution in [3.63, 3.8) is 0 Å². The van der Waals surface area contributed by atoms with E-state index >= 15 is 0 Å². The Balaban J connectivity index is 1.48. The van der Waals surface area contributed by atoms with E-state index in [2.05, 4.69) is 25.6 Å². The molecule has 2 aliphatic heterocycles. The average molecular weight is 382 g/mol. The van der Waals surface area contributed by atoms with E-state index in [0.29, 0.717) is 19.0 Å². The fourth-order valence-corrected chi connectivity index (χ4v) is 3.40. The molecule has 0 fully saturated rings. The number of rotatable bonds is 2. The van der Waals surface area contributed by atoms with Gasteiger partial charge in [0.05, 0.1) is 24.1 Å². The van der Waals surface area contributed by atoms with E-state index in [9.17, 15) is 4.79 Å². The summed E-state index contributed by atoms with van der Waals surface area (Å²) in [6.45, 7) is 8.46. The Morgan fingerprint density at radius 2 is 2.04 bits per heavy atom. The molecule has 1 amide bonds.